The van der Waals surface area contributed by atoms with Gasteiger partial charge in [-0.25, -0.2) is 0 Å². The molecule has 3 nitrogen and oxygen atoms in total. The van der Waals surface area contributed by atoms with Crippen molar-refractivity contribution in [2.45, 2.75) is 32.9 Å². The van der Waals surface area contributed by atoms with Crippen molar-refractivity contribution in [1.29, 1.82) is 0 Å². The van der Waals surface area contributed by atoms with Gasteiger partial charge in [-0.1, -0.05) is 6.92 Å². The van der Waals surface area contributed by atoms with Crippen molar-refractivity contribution in [2.75, 3.05) is 0 Å². The summed E-state index contributed by atoms with van der Waals surface area (Å²) in [5.41, 5.74) is 6.39. The Morgan fingerprint density at radius 3 is 2.91 bits per heavy atom. The largest absolute Gasteiger partial charge is 0.325 e. The molecule has 1 atom stereocenters. The van der Waals surface area contributed by atoms with Gasteiger partial charge in [0.2, 0.25) is 0 Å². The topological polar surface area (TPSA) is 43.8 Å². The monoisotopic (exact) mass is 153 g/mol. The second kappa shape index (κ2) is 3.53. The van der Waals surface area contributed by atoms with Crippen LogP contribution in [0.2, 0.25) is 0 Å². The summed E-state index contributed by atoms with van der Waals surface area (Å²) >= 11 is 0. The van der Waals surface area contributed by atoms with E-state index in [1.807, 2.05) is 16.9 Å². The Hall–Kier alpha value is -0.830. The Morgan fingerprint density at radius 1 is 1.73 bits per heavy atom. The van der Waals surface area contributed by atoms with Crippen LogP contribution in [0.25, 0.3) is 0 Å². The van der Waals surface area contributed by atoms with E-state index in [4.69, 9.17) is 5.73 Å². The van der Waals surface area contributed by atoms with E-state index in [2.05, 4.69) is 18.9 Å². The van der Waals surface area contributed by atoms with E-state index < -0.39 is 0 Å². The van der Waals surface area contributed by atoms with Crippen LogP contribution < -0.4 is 5.73 Å². The summed E-state index contributed by atoms with van der Waals surface area (Å²) < 4.78 is 1.96. The zero-order valence-electron chi connectivity index (χ0n) is 7.12. The molecule has 0 aromatic carbocycles. The third kappa shape index (κ3) is 1.80. The molecule has 0 spiro atoms. The molecule has 2 N–H and O–H groups in total. The maximum atomic E-state index is 5.43. The lowest BCUT2D eigenvalue weighted by Crippen LogP contribution is -2.06. The fraction of sp³-hybridized carbons (Fsp3) is 0.625. The molecule has 0 bridgehead atoms. The van der Waals surface area contributed by atoms with E-state index >= 15 is 0 Å². The van der Waals surface area contributed by atoms with E-state index in [1.54, 1.807) is 0 Å². The second-order valence-electron chi connectivity index (χ2n) is 2.75. The average molecular weight is 153 g/mol. The minimum Gasteiger partial charge on any atom is -0.325 e. The molecule has 1 aromatic heterocycles. The highest BCUT2D eigenvalue weighted by Crippen LogP contribution is 2.08. The van der Waals surface area contributed by atoms with Crippen molar-refractivity contribution < 1.29 is 0 Å². The number of hydrogen-bond acceptors (Lipinski definition) is 2. The van der Waals surface area contributed by atoms with Gasteiger partial charge in [0.1, 0.15) is 0 Å². The molecule has 0 aliphatic heterocycles. The van der Waals surface area contributed by atoms with E-state index in [0.29, 0.717) is 12.6 Å². The first-order valence-corrected chi connectivity index (χ1v) is 4.02. The second-order valence-corrected chi connectivity index (χ2v) is 2.75. The maximum Gasteiger partial charge on any atom is 0.0760 e. The first kappa shape index (κ1) is 8.27. The molecule has 0 fully saturated rings. The van der Waals surface area contributed by atoms with E-state index in [-0.39, 0.29) is 0 Å². The Labute approximate surface area is 67.2 Å². The van der Waals surface area contributed by atoms with Crippen LogP contribution >= 0.6 is 0 Å². The lowest BCUT2D eigenvalue weighted by atomic mass is 10.3. The molecule has 1 heterocycles. The predicted octanol–water partition coefficient (Wildman–Crippen LogP) is 1.31. The van der Waals surface area contributed by atoms with Crippen molar-refractivity contribution in [1.82, 2.24) is 9.78 Å². The number of nitrogens with zero attached hydrogens (tertiary/aromatic N) is 2. The molecular weight excluding hydrogens is 138 g/mol. The van der Waals surface area contributed by atoms with Gasteiger partial charge in [0.15, 0.2) is 0 Å². The summed E-state index contributed by atoms with van der Waals surface area (Å²) in [6, 6.07) is 2.45. The van der Waals surface area contributed by atoms with Crippen molar-refractivity contribution in [3.63, 3.8) is 0 Å². The summed E-state index contributed by atoms with van der Waals surface area (Å²) in [6.07, 6.45) is 3.09. The standard InChI is InChI=1S/C8H15N3/c1-3-7(2)11-5-4-8(6-9)10-11/h4-5,7H,3,6,9H2,1-2H3. The summed E-state index contributed by atoms with van der Waals surface area (Å²) in [5, 5.41) is 4.29. The van der Waals surface area contributed by atoms with Crippen molar-refractivity contribution in [2.24, 2.45) is 5.73 Å². The van der Waals surface area contributed by atoms with Crippen molar-refractivity contribution in [3.8, 4) is 0 Å². The van der Waals surface area contributed by atoms with Gasteiger partial charge >= 0.3 is 0 Å². The smallest absolute Gasteiger partial charge is 0.0760 e. The number of hydrogen-bond donors (Lipinski definition) is 1. The molecule has 0 aliphatic rings. The van der Waals surface area contributed by atoms with E-state index in [9.17, 15) is 0 Å². The van der Waals surface area contributed by atoms with Gasteiger partial charge in [-0.15, -0.1) is 0 Å². The third-order valence-electron chi connectivity index (χ3n) is 1.92. The summed E-state index contributed by atoms with van der Waals surface area (Å²) in [4.78, 5) is 0. The molecule has 0 saturated carbocycles. The first-order valence-electron chi connectivity index (χ1n) is 4.02. The molecule has 3 heteroatoms. The number of aromatic nitrogens is 2. The molecule has 1 unspecified atom stereocenters. The average Bonchev–Trinajstić information content (AvgIpc) is 2.50. The van der Waals surface area contributed by atoms with Crippen LogP contribution in [0.15, 0.2) is 12.3 Å². The minimum absolute atomic E-state index is 0.482. The third-order valence-corrected chi connectivity index (χ3v) is 1.92. The van der Waals surface area contributed by atoms with Crippen LogP contribution in [0.4, 0.5) is 0 Å². The van der Waals surface area contributed by atoms with Gasteiger partial charge in [0.25, 0.3) is 0 Å². The molecule has 0 saturated heterocycles. The summed E-state index contributed by atoms with van der Waals surface area (Å²) in [5.74, 6) is 0. The minimum atomic E-state index is 0.482. The van der Waals surface area contributed by atoms with Crippen LogP contribution in [-0.4, -0.2) is 9.78 Å². The molecule has 0 amide bonds. The highest BCUT2D eigenvalue weighted by molar-refractivity contribution is 4.98. The van der Waals surface area contributed by atoms with Gasteiger partial charge in [-0.05, 0) is 19.4 Å². The lowest BCUT2D eigenvalue weighted by Gasteiger charge is -2.07. The van der Waals surface area contributed by atoms with Crippen LogP contribution in [0, 0.1) is 0 Å². The van der Waals surface area contributed by atoms with Gasteiger partial charge < -0.3 is 5.73 Å². The maximum absolute atomic E-state index is 5.43. The normalized spacial score (nSPS) is 13.4. The molecule has 11 heavy (non-hydrogen) atoms. The fourth-order valence-corrected chi connectivity index (χ4v) is 0.919. The first-order chi connectivity index (χ1) is 5.27. The van der Waals surface area contributed by atoms with Gasteiger partial charge in [-0.3, -0.25) is 4.68 Å². The Bertz CT molecular complexity index is 217. The van der Waals surface area contributed by atoms with Crippen LogP contribution in [0.1, 0.15) is 32.0 Å². The quantitative estimate of drug-likeness (QED) is 0.711. The summed E-state index contributed by atoms with van der Waals surface area (Å²) in [7, 11) is 0. The van der Waals surface area contributed by atoms with Gasteiger partial charge in [0.05, 0.1) is 5.69 Å². The van der Waals surface area contributed by atoms with Crippen molar-refractivity contribution in [3.05, 3.63) is 18.0 Å². The highest BCUT2D eigenvalue weighted by Gasteiger charge is 2.02. The Balaban J connectivity index is 2.71. The van der Waals surface area contributed by atoms with Crippen LogP contribution in [0.3, 0.4) is 0 Å². The zero-order chi connectivity index (χ0) is 8.27. The van der Waals surface area contributed by atoms with E-state index in [0.717, 1.165) is 12.1 Å². The fourth-order valence-electron chi connectivity index (χ4n) is 0.919. The van der Waals surface area contributed by atoms with Gasteiger partial charge in [0, 0.05) is 18.8 Å². The SMILES string of the molecule is CCC(C)n1ccc(CN)n1. The summed E-state index contributed by atoms with van der Waals surface area (Å²) in [6.45, 7) is 4.82. The Kier molecular flexibility index (Phi) is 2.65. The van der Waals surface area contributed by atoms with Crippen LogP contribution in [0.5, 0.6) is 0 Å². The number of nitrogens with two attached hydrogens (primary N) is 1. The number of rotatable bonds is 3. The lowest BCUT2D eigenvalue weighted by molar-refractivity contribution is 0.474. The van der Waals surface area contributed by atoms with Crippen molar-refractivity contribution >= 4 is 0 Å². The molecule has 1 rings (SSSR count). The molecule has 1 aromatic rings. The molecule has 0 aliphatic carbocycles. The molecular formula is C8H15N3. The van der Waals surface area contributed by atoms with E-state index in [1.165, 1.54) is 0 Å². The predicted molar refractivity (Wildman–Crippen MR) is 45.1 cm³/mol. The zero-order valence-corrected chi connectivity index (χ0v) is 7.12. The Morgan fingerprint density at radius 2 is 2.45 bits per heavy atom. The molecule has 0 radical (unpaired) electrons. The highest BCUT2D eigenvalue weighted by atomic mass is 15.3. The van der Waals surface area contributed by atoms with Gasteiger partial charge in [-0.2, -0.15) is 5.10 Å². The molecule has 62 valence electrons. The van der Waals surface area contributed by atoms with Crippen LogP contribution in [-0.2, 0) is 6.54 Å².